The molecule has 1 unspecified atom stereocenters. The summed E-state index contributed by atoms with van der Waals surface area (Å²) in [5, 5.41) is 8.55. The predicted molar refractivity (Wildman–Crippen MR) is 79.2 cm³/mol. The van der Waals surface area contributed by atoms with Gasteiger partial charge >= 0.3 is 0 Å². The maximum atomic E-state index is 11.3. The summed E-state index contributed by atoms with van der Waals surface area (Å²) in [6, 6.07) is 0.257. The van der Waals surface area contributed by atoms with E-state index in [1.807, 2.05) is 13.8 Å². The third kappa shape index (κ3) is 3.23. The number of hydrogen-bond acceptors (Lipinski definition) is 4. The SMILES string of the molecule is CC(C)NC(=S)NC1OCCc2c(C(N)=O)csc21. The van der Waals surface area contributed by atoms with Crippen LogP contribution in [0.5, 0.6) is 0 Å². The van der Waals surface area contributed by atoms with Gasteiger partial charge < -0.3 is 21.1 Å². The molecule has 1 aliphatic rings. The molecule has 2 rings (SSSR count). The van der Waals surface area contributed by atoms with Crippen LogP contribution in [0.1, 0.15) is 40.9 Å². The fraction of sp³-hybridized carbons (Fsp3) is 0.500. The van der Waals surface area contributed by atoms with Crippen molar-refractivity contribution >= 4 is 34.6 Å². The minimum Gasteiger partial charge on any atom is -0.366 e. The standard InChI is InChI=1S/C12H17N3O2S2/c1-6(2)14-12(18)15-11-9-7(3-4-17-11)8(5-19-9)10(13)16/h5-6,11H,3-4H2,1-2H3,(H2,13,16)(H2,14,15,18). The second-order valence-electron chi connectivity index (χ2n) is 4.63. The smallest absolute Gasteiger partial charge is 0.249 e. The zero-order chi connectivity index (χ0) is 14.0. The highest BCUT2D eigenvalue weighted by Gasteiger charge is 2.27. The van der Waals surface area contributed by atoms with Crippen LogP contribution in [0.25, 0.3) is 0 Å². The fourth-order valence-electron chi connectivity index (χ4n) is 1.97. The molecule has 0 saturated carbocycles. The first-order valence-electron chi connectivity index (χ1n) is 6.07. The van der Waals surface area contributed by atoms with Gasteiger partial charge in [0, 0.05) is 11.4 Å². The first-order chi connectivity index (χ1) is 8.99. The summed E-state index contributed by atoms with van der Waals surface area (Å²) in [5.74, 6) is -0.388. The summed E-state index contributed by atoms with van der Waals surface area (Å²) in [6.45, 7) is 4.57. The molecular weight excluding hydrogens is 282 g/mol. The van der Waals surface area contributed by atoms with E-state index in [9.17, 15) is 4.79 Å². The van der Waals surface area contributed by atoms with Crippen molar-refractivity contribution in [3.8, 4) is 0 Å². The zero-order valence-corrected chi connectivity index (χ0v) is 12.5. The molecule has 1 aromatic rings. The van der Waals surface area contributed by atoms with Crippen molar-refractivity contribution in [2.45, 2.75) is 32.5 Å². The maximum absolute atomic E-state index is 11.3. The van der Waals surface area contributed by atoms with E-state index in [1.165, 1.54) is 11.3 Å². The number of nitrogens with two attached hydrogens (primary N) is 1. The van der Waals surface area contributed by atoms with Crippen molar-refractivity contribution in [2.75, 3.05) is 6.61 Å². The number of thiophene rings is 1. The molecule has 1 aromatic heterocycles. The van der Waals surface area contributed by atoms with Crippen LogP contribution in [0, 0.1) is 0 Å². The summed E-state index contributed by atoms with van der Waals surface area (Å²) in [7, 11) is 0. The molecule has 1 atom stereocenters. The number of primary amides is 1. The van der Waals surface area contributed by atoms with Gasteiger partial charge in [0.15, 0.2) is 11.3 Å². The van der Waals surface area contributed by atoms with Crippen molar-refractivity contribution in [3.05, 3.63) is 21.4 Å². The van der Waals surface area contributed by atoms with Gasteiger partial charge in [-0.05, 0) is 38.0 Å². The van der Waals surface area contributed by atoms with Crippen LogP contribution in [0.3, 0.4) is 0 Å². The molecule has 4 N–H and O–H groups in total. The fourth-order valence-corrected chi connectivity index (χ4v) is 3.42. The zero-order valence-electron chi connectivity index (χ0n) is 10.9. The third-order valence-corrected chi connectivity index (χ3v) is 4.05. The van der Waals surface area contributed by atoms with Gasteiger partial charge in [-0.15, -0.1) is 11.3 Å². The molecule has 0 bridgehead atoms. The molecule has 1 amide bonds. The van der Waals surface area contributed by atoms with Gasteiger partial charge in [-0.3, -0.25) is 4.79 Å². The summed E-state index contributed by atoms with van der Waals surface area (Å²) < 4.78 is 5.67. The van der Waals surface area contributed by atoms with E-state index in [0.717, 1.165) is 10.4 Å². The Bertz CT molecular complexity index is 499. The third-order valence-electron chi connectivity index (χ3n) is 2.75. The van der Waals surface area contributed by atoms with Crippen LogP contribution in [0.15, 0.2) is 5.38 Å². The number of rotatable bonds is 3. The number of carbonyl (C=O) groups excluding carboxylic acids is 1. The van der Waals surface area contributed by atoms with E-state index < -0.39 is 0 Å². The van der Waals surface area contributed by atoms with Gasteiger partial charge in [0.05, 0.1) is 17.0 Å². The van der Waals surface area contributed by atoms with Gasteiger partial charge in [0.2, 0.25) is 5.91 Å². The highest BCUT2D eigenvalue weighted by Crippen LogP contribution is 2.33. The first kappa shape index (κ1) is 14.2. The lowest BCUT2D eigenvalue weighted by Crippen LogP contribution is -2.42. The Morgan fingerprint density at radius 2 is 2.37 bits per heavy atom. The quantitative estimate of drug-likeness (QED) is 0.733. The number of carbonyl (C=O) groups is 1. The van der Waals surface area contributed by atoms with E-state index in [-0.39, 0.29) is 18.2 Å². The van der Waals surface area contributed by atoms with Crippen LogP contribution < -0.4 is 16.4 Å². The maximum Gasteiger partial charge on any atom is 0.249 e. The average molecular weight is 299 g/mol. The molecule has 5 nitrogen and oxygen atoms in total. The van der Waals surface area contributed by atoms with Gasteiger partial charge in [0.1, 0.15) is 0 Å². The Hall–Kier alpha value is -1.18. The van der Waals surface area contributed by atoms with Crippen LogP contribution in [0.2, 0.25) is 0 Å². The monoisotopic (exact) mass is 299 g/mol. The molecule has 0 aromatic carbocycles. The number of nitrogens with one attached hydrogen (secondary N) is 2. The van der Waals surface area contributed by atoms with Crippen molar-refractivity contribution < 1.29 is 9.53 Å². The van der Waals surface area contributed by atoms with E-state index in [1.54, 1.807) is 5.38 Å². The van der Waals surface area contributed by atoms with E-state index in [4.69, 9.17) is 22.7 Å². The highest BCUT2D eigenvalue weighted by atomic mass is 32.1. The van der Waals surface area contributed by atoms with E-state index in [2.05, 4.69) is 10.6 Å². The Kier molecular flexibility index (Phi) is 4.38. The second kappa shape index (κ2) is 5.85. The van der Waals surface area contributed by atoms with Crippen molar-refractivity contribution in [1.29, 1.82) is 0 Å². The van der Waals surface area contributed by atoms with Gasteiger partial charge in [0.25, 0.3) is 0 Å². The van der Waals surface area contributed by atoms with Crippen LogP contribution in [0.4, 0.5) is 0 Å². The first-order valence-corrected chi connectivity index (χ1v) is 7.36. The number of amides is 1. The molecule has 104 valence electrons. The topological polar surface area (TPSA) is 76.4 Å². The van der Waals surface area contributed by atoms with E-state index >= 15 is 0 Å². The number of hydrogen-bond donors (Lipinski definition) is 3. The molecule has 0 spiro atoms. The largest absolute Gasteiger partial charge is 0.366 e. The molecule has 2 heterocycles. The summed E-state index contributed by atoms with van der Waals surface area (Å²) in [4.78, 5) is 12.3. The van der Waals surface area contributed by atoms with Crippen molar-refractivity contribution in [1.82, 2.24) is 10.6 Å². The van der Waals surface area contributed by atoms with Crippen molar-refractivity contribution in [3.63, 3.8) is 0 Å². The molecule has 0 fully saturated rings. The highest BCUT2D eigenvalue weighted by molar-refractivity contribution is 7.80. The lowest BCUT2D eigenvalue weighted by Gasteiger charge is -2.26. The molecular formula is C12H17N3O2S2. The molecule has 1 aliphatic heterocycles. The van der Waals surface area contributed by atoms with Crippen LogP contribution in [-0.2, 0) is 11.2 Å². The molecule has 0 saturated heterocycles. The van der Waals surface area contributed by atoms with Gasteiger partial charge in [-0.25, -0.2) is 0 Å². The van der Waals surface area contributed by atoms with Gasteiger partial charge in [-0.2, -0.15) is 0 Å². The average Bonchev–Trinajstić information content (AvgIpc) is 2.72. The number of thiocarbonyl (C=S) groups is 1. The Balaban J connectivity index is 2.14. The Morgan fingerprint density at radius 3 is 3.00 bits per heavy atom. The summed E-state index contributed by atoms with van der Waals surface area (Å²) >= 11 is 6.68. The molecule has 7 heteroatoms. The lowest BCUT2D eigenvalue weighted by molar-refractivity contribution is 0.0349. The minimum absolute atomic E-state index is 0.257. The van der Waals surface area contributed by atoms with Crippen LogP contribution in [-0.4, -0.2) is 23.7 Å². The second-order valence-corrected chi connectivity index (χ2v) is 5.95. The molecule has 0 aliphatic carbocycles. The summed E-state index contributed by atoms with van der Waals surface area (Å²) in [5.41, 5.74) is 6.94. The minimum atomic E-state index is -0.388. The Labute approximate surface area is 121 Å². The molecule has 19 heavy (non-hydrogen) atoms. The Morgan fingerprint density at radius 1 is 1.63 bits per heavy atom. The van der Waals surface area contributed by atoms with Crippen LogP contribution >= 0.6 is 23.6 Å². The summed E-state index contributed by atoms with van der Waals surface area (Å²) in [6.07, 6.45) is 0.403. The predicted octanol–water partition coefficient (Wildman–Crippen LogP) is 1.29. The van der Waals surface area contributed by atoms with Crippen molar-refractivity contribution in [2.24, 2.45) is 5.73 Å². The normalized spacial score (nSPS) is 17.9. The lowest BCUT2D eigenvalue weighted by atomic mass is 10.1. The van der Waals surface area contributed by atoms with E-state index in [0.29, 0.717) is 23.7 Å². The number of fused-ring (bicyclic) bond motifs is 1. The number of ether oxygens (including phenoxy) is 1. The van der Waals surface area contributed by atoms with Gasteiger partial charge in [-0.1, -0.05) is 0 Å². The molecule has 0 radical (unpaired) electrons.